The van der Waals surface area contributed by atoms with E-state index in [0.717, 1.165) is 58.1 Å². The molecule has 0 aliphatic heterocycles. The molecule has 2 heterocycles. The van der Waals surface area contributed by atoms with Gasteiger partial charge in [0, 0.05) is 4.88 Å². The molecular weight excluding hydrogens is 534 g/mol. The third-order valence-corrected chi connectivity index (χ3v) is 8.87. The van der Waals surface area contributed by atoms with Crippen LogP contribution in [0.4, 0.5) is 5.00 Å². The van der Waals surface area contributed by atoms with Crippen molar-refractivity contribution < 1.29 is 28.7 Å². The van der Waals surface area contributed by atoms with Crippen LogP contribution in [0.1, 0.15) is 40.6 Å². The van der Waals surface area contributed by atoms with Crippen molar-refractivity contribution in [2.24, 2.45) is 4.99 Å². The number of aromatic nitrogens is 1. The third kappa shape index (κ3) is 6.49. The molecule has 0 unspecified atom stereocenters. The second kappa shape index (κ2) is 12.5. The molecule has 2 aromatic heterocycles. The van der Waals surface area contributed by atoms with Crippen LogP contribution in [-0.4, -0.2) is 53.5 Å². The van der Waals surface area contributed by atoms with E-state index in [4.69, 9.17) is 9.47 Å². The molecule has 196 valence electrons. The molecule has 1 N–H and O–H groups in total. The molecule has 2 amide bonds. The lowest BCUT2D eigenvalue weighted by Gasteiger charge is -2.12. The highest BCUT2D eigenvalue weighted by Crippen LogP contribution is 2.38. The molecule has 4 rings (SSSR count). The highest BCUT2D eigenvalue weighted by atomic mass is 32.2. The molecule has 0 bridgehead atoms. The predicted molar refractivity (Wildman–Crippen MR) is 145 cm³/mol. The first-order chi connectivity index (χ1) is 17.9. The number of rotatable bonds is 9. The quantitative estimate of drug-likeness (QED) is 0.395. The number of nitrogens with one attached hydrogen (secondary N) is 1. The Morgan fingerprint density at radius 2 is 1.89 bits per heavy atom. The van der Waals surface area contributed by atoms with Crippen molar-refractivity contribution in [3.63, 3.8) is 0 Å². The van der Waals surface area contributed by atoms with Gasteiger partial charge in [0.15, 0.2) is 4.80 Å². The van der Waals surface area contributed by atoms with Gasteiger partial charge in [0.2, 0.25) is 5.91 Å². The number of thioether (sulfide) groups is 1. The number of benzene rings is 1. The first-order valence-corrected chi connectivity index (χ1v) is 14.6. The Morgan fingerprint density at radius 1 is 1.11 bits per heavy atom. The molecule has 0 saturated heterocycles. The van der Waals surface area contributed by atoms with E-state index in [2.05, 4.69) is 10.3 Å². The van der Waals surface area contributed by atoms with Crippen LogP contribution in [0.15, 0.2) is 29.3 Å². The van der Waals surface area contributed by atoms with E-state index in [-0.39, 0.29) is 30.6 Å². The van der Waals surface area contributed by atoms with Gasteiger partial charge in [-0.2, -0.15) is 4.99 Å². The minimum atomic E-state index is -0.444. The van der Waals surface area contributed by atoms with Gasteiger partial charge in [0.05, 0.1) is 41.0 Å². The van der Waals surface area contributed by atoms with E-state index in [1.54, 1.807) is 11.5 Å². The number of fused-ring (bicyclic) bond motifs is 2. The summed E-state index contributed by atoms with van der Waals surface area (Å²) in [5, 5.41) is 3.36. The van der Waals surface area contributed by atoms with E-state index in [0.29, 0.717) is 15.4 Å². The van der Waals surface area contributed by atoms with Crippen molar-refractivity contribution in [2.75, 3.05) is 30.5 Å². The summed E-state index contributed by atoms with van der Waals surface area (Å²) >= 11 is 3.87. The van der Waals surface area contributed by atoms with Crippen molar-refractivity contribution in [2.45, 2.75) is 39.2 Å². The number of para-hydroxylation sites is 1. The summed E-state index contributed by atoms with van der Waals surface area (Å²) in [4.78, 5) is 55.4. The van der Waals surface area contributed by atoms with Gasteiger partial charge in [-0.1, -0.05) is 23.5 Å². The molecule has 1 aliphatic rings. The minimum Gasteiger partial charge on any atom is -0.468 e. The van der Waals surface area contributed by atoms with Crippen LogP contribution in [0.5, 0.6) is 0 Å². The number of amides is 2. The minimum absolute atomic E-state index is 0.00837. The highest BCUT2D eigenvalue weighted by molar-refractivity contribution is 8.00. The first kappa shape index (κ1) is 27.1. The number of nitrogens with zero attached hydrogens (tertiary/aromatic N) is 2. The lowest BCUT2D eigenvalue weighted by Crippen LogP contribution is -2.23. The van der Waals surface area contributed by atoms with Gasteiger partial charge >= 0.3 is 11.9 Å². The second-order valence-electron chi connectivity index (χ2n) is 8.20. The number of methoxy groups -OCH3 is 1. The van der Waals surface area contributed by atoms with Crippen LogP contribution < -0.4 is 10.1 Å². The summed E-state index contributed by atoms with van der Waals surface area (Å²) in [6, 6.07) is 7.46. The van der Waals surface area contributed by atoms with E-state index in [1.165, 1.54) is 29.8 Å². The number of anilines is 1. The summed E-state index contributed by atoms with van der Waals surface area (Å²) in [6.07, 6.45) is 3.75. The Kier molecular flexibility index (Phi) is 9.17. The van der Waals surface area contributed by atoms with E-state index < -0.39 is 17.8 Å². The smallest absolute Gasteiger partial charge is 0.341 e. The molecule has 12 heteroatoms. The Hall–Kier alpha value is -2.96. The van der Waals surface area contributed by atoms with Gasteiger partial charge in [-0.25, -0.2) is 4.79 Å². The summed E-state index contributed by atoms with van der Waals surface area (Å²) < 4.78 is 12.5. The number of carbonyl (C=O) groups is 4. The lowest BCUT2D eigenvalue weighted by molar-refractivity contribution is -0.141. The fraction of sp³-hybridized carbons (Fsp3) is 0.400. The fourth-order valence-electron chi connectivity index (χ4n) is 4.06. The van der Waals surface area contributed by atoms with Crippen molar-refractivity contribution >= 4 is 73.4 Å². The zero-order chi connectivity index (χ0) is 26.4. The monoisotopic (exact) mass is 561 g/mol. The molecule has 0 saturated carbocycles. The number of thiophene rings is 1. The van der Waals surface area contributed by atoms with Crippen LogP contribution in [0.2, 0.25) is 0 Å². The number of ether oxygens (including phenoxy) is 2. The summed E-state index contributed by atoms with van der Waals surface area (Å²) in [5.41, 5.74) is 2.23. The number of hydrogen-bond donors (Lipinski definition) is 1. The fourth-order valence-corrected chi connectivity index (χ4v) is 7.00. The zero-order valence-electron chi connectivity index (χ0n) is 20.5. The first-order valence-electron chi connectivity index (χ1n) is 11.8. The lowest BCUT2D eigenvalue weighted by atomic mass is 9.95. The Morgan fingerprint density at radius 3 is 2.68 bits per heavy atom. The molecule has 0 radical (unpaired) electrons. The number of aryl methyl sites for hydroxylation is 1. The maximum absolute atomic E-state index is 12.7. The molecule has 0 atom stereocenters. The topological polar surface area (TPSA) is 116 Å². The van der Waals surface area contributed by atoms with Gasteiger partial charge in [0.1, 0.15) is 11.5 Å². The highest BCUT2D eigenvalue weighted by Gasteiger charge is 2.27. The molecular formula is C25H27N3O6S3. The molecule has 0 fully saturated rings. The van der Waals surface area contributed by atoms with Crippen LogP contribution in [0, 0.1) is 0 Å². The van der Waals surface area contributed by atoms with Gasteiger partial charge in [0.25, 0.3) is 5.91 Å². The number of hydrogen-bond acceptors (Lipinski definition) is 9. The molecule has 1 aliphatic carbocycles. The Balaban J connectivity index is 1.41. The average Bonchev–Trinajstić information content (AvgIpc) is 3.41. The Labute approximate surface area is 225 Å². The summed E-state index contributed by atoms with van der Waals surface area (Å²) in [6.45, 7) is 1.96. The number of thiazole rings is 1. The van der Waals surface area contributed by atoms with Crippen molar-refractivity contribution in [3.8, 4) is 0 Å². The van der Waals surface area contributed by atoms with Gasteiger partial charge in [-0.3, -0.25) is 14.4 Å². The standard InChI is InChI=1S/C25H27N3O6S3/c1-3-34-24(32)22-15-8-4-6-10-17(15)36-23(22)26-19(29)13-35-14-20(30)27-25-28(12-21(31)33-2)16-9-5-7-11-18(16)37-25/h5,7,9,11H,3-4,6,8,10,12-14H2,1-2H3,(H,26,29). The molecule has 9 nitrogen and oxygen atoms in total. The summed E-state index contributed by atoms with van der Waals surface area (Å²) in [5.74, 6) is -1.55. The SMILES string of the molecule is CCOC(=O)c1c(NC(=O)CSCC(=O)N=c2sc3ccccc3n2CC(=O)OC)sc2c1CCCC2. The van der Waals surface area contributed by atoms with Crippen LogP contribution >= 0.6 is 34.4 Å². The summed E-state index contributed by atoms with van der Waals surface area (Å²) in [7, 11) is 1.31. The van der Waals surface area contributed by atoms with E-state index >= 15 is 0 Å². The van der Waals surface area contributed by atoms with Crippen LogP contribution in [0.3, 0.4) is 0 Å². The van der Waals surface area contributed by atoms with E-state index in [1.807, 2.05) is 24.3 Å². The predicted octanol–water partition coefficient (Wildman–Crippen LogP) is 3.79. The maximum atomic E-state index is 12.7. The zero-order valence-corrected chi connectivity index (χ0v) is 23.0. The van der Waals surface area contributed by atoms with Crippen LogP contribution in [0.25, 0.3) is 10.2 Å². The normalized spacial score (nSPS) is 13.3. The second-order valence-corrected chi connectivity index (χ2v) is 11.3. The van der Waals surface area contributed by atoms with E-state index in [9.17, 15) is 19.2 Å². The van der Waals surface area contributed by atoms with Gasteiger partial charge in [-0.05, 0) is 50.3 Å². The van der Waals surface area contributed by atoms with Crippen molar-refractivity contribution in [1.82, 2.24) is 4.57 Å². The molecule has 3 aromatic rings. The molecule has 0 spiro atoms. The van der Waals surface area contributed by atoms with Gasteiger partial charge in [-0.15, -0.1) is 23.1 Å². The van der Waals surface area contributed by atoms with Crippen LogP contribution in [-0.2, 0) is 43.2 Å². The Bertz CT molecular complexity index is 1400. The molecule has 1 aromatic carbocycles. The average molecular weight is 562 g/mol. The largest absolute Gasteiger partial charge is 0.468 e. The molecule has 37 heavy (non-hydrogen) atoms. The third-order valence-electron chi connectivity index (χ3n) is 5.69. The van der Waals surface area contributed by atoms with Crippen molar-refractivity contribution in [3.05, 3.63) is 45.1 Å². The maximum Gasteiger partial charge on any atom is 0.341 e. The van der Waals surface area contributed by atoms with Crippen molar-refractivity contribution in [1.29, 1.82) is 0 Å². The number of carbonyl (C=O) groups excluding carboxylic acids is 4. The van der Waals surface area contributed by atoms with Gasteiger partial charge < -0.3 is 19.4 Å². The number of esters is 2.